The van der Waals surface area contributed by atoms with Gasteiger partial charge in [0.25, 0.3) is 0 Å². The lowest BCUT2D eigenvalue weighted by molar-refractivity contribution is -0.577. The minimum absolute atomic E-state index is 0.152. The lowest BCUT2D eigenvalue weighted by atomic mass is 9.58. The van der Waals surface area contributed by atoms with E-state index in [0.717, 1.165) is 30.5 Å². The van der Waals surface area contributed by atoms with Gasteiger partial charge in [0, 0.05) is 30.5 Å². The lowest BCUT2D eigenvalue weighted by Gasteiger charge is -2.60. The number of nitrogens with one attached hydrogen (secondary N) is 2. The first kappa shape index (κ1) is 24.0. The third-order valence-corrected chi connectivity index (χ3v) is 8.30. The highest BCUT2D eigenvalue weighted by Crippen LogP contribution is 2.60. The van der Waals surface area contributed by atoms with Crippen LogP contribution in [-0.4, -0.2) is 43.2 Å². The second-order valence-corrected chi connectivity index (χ2v) is 10.7. The van der Waals surface area contributed by atoms with Crippen molar-refractivity contribution in [2.75, 3.05) is 18.5 Å². The molecule has 5 aliphatic rings. The molecule has 1 aromatic rings. The van der Waals surface area contributed by atoms with Gasteiger partial charge in [-0.15, -0.1) is 0 Å². The lowest BCUT2D eigenvalue weighted by Crippen LogP contribution is -2.70. The summed E-state index contributed by atoms with van der Waals surface area (Å²) < 4.78 is 19.0. The van der Waals surface area contributed by atoms with Crippen LogP contribution in [0.2, 0.25) is 0 Å². The Kier molecular flexibility index (Phi) is 6.63. The standard InChI is InChI=1S/C26H38N2O6/c1-16-6-9-19(10-7-16)28-24(29)27-14-5-15-30-22-18(3)21-11-8-17(2)20-12-13-25(4)32-23(31-22)26(20,21)34-33-25/h6-7,9-10,17-18,20-23H,5,8,11-15H2,1-4H3,(H2,27,28,29)/t17-,18-,20+,21+,22+,23-,25+,26-/m1/s1. The van der Waals surface area contributed by atoms with Crippen LogP contribution in [0.5, 0.6) is 0 Å². The van der Waals surface area contributed by atoms with Gasteiger partial charge in [0.1, 0.15) is 0 Å². The molecule has 4 heterocycles. The van der Waals surface area contributed by atoms with Crippen molar-refractivity contribution >= 4 is 11.7 Å². The molecule has 6 rings (SSSR count). The molecule has 1 spiro atoms. The Bertz CT molecular complexity index is 881. The van der Waals surface area contributed by atoms with Gasteiger partial charge in [-0.25, -0.2) is 14.6 Å². The summed E-state index contributed by atoms with van der Waals surface area (Å²) in [5.41, 5.74) is 1.36. The van der Waals surface area contributed by atoms with Gasteiger partial charge in [0.2, 0.25) is 5.79 Å². The molecule has 1 saturated carbocycles. The van der Waals surface area contributed by atoms with Crippen LogP contribution in [0.15, 0.2) is 24.3 Å². The maximum absolute atomic E-state index is 12.1. The molecular weight excluding hydrogens is 436 g/mol. The molecule has 8 nitrogen and oxygen atoms in total. The predicted octanol–water partition coefficient (Wildman–Crippen LogP) is 4.73. The third kappa shape index (κ3) is 4.35. The molecule has 188 valence electrons. The van der Waals surface area contributed by atoms with Gasteiger partial charge < -0.3 is 24.8 Å². The zero-order chi connectivity index (χ0) is 23.9. The average molecular weight is 475 g/mol. The molecule has 34 heavy (non-hydrogen) atoms. The fourth-order valence-electron chi connectivity index (χ4n) is 6.35. The number of amides is 2. The molecule has 4 saturated heterocycles. The van der Waals surface area contributed by atoms with E-state index < -0.39 is 17.7 Å². The molecule has 8 atom stereocenters. The summed E-state index contributed by atoms with van der Waals surface area (Å²) in [6.45, 7) is 9.44. The van der Waals surface area contributed by atoms with Crippen molar-refractivity contribution in [3.63, 3.8) is 0 Å². The van der Waals surface area contributed by atoms with Crippen molar-refractivity contribution in [1.29, 1.82) is 0 Å². The smallest absolute Gasteiger partial charge is 0.319 e. The first-order valence-electron chi connectivity index (χ1n) is 12.7. The van der Waals surface area contributed by atoms with E-state index in [9.17, 15) is 4.79 Å². The number of urea groups is 1. The van der Waals surface area contributed by atoms with E-state index in [1.807, 2.05) is 38.1 Å². The summed E-state index contributed by atoms with van der Waals surface area (Å²) in [4.78, 5) is 24.2. The monoisotopic (exact) mass is 474 g/mol. The number of rotatable bonds is 6. The molecule has 1 aromatic carbocycles. The Balaban J connectivity index is 1.14. The van der Waals surface area contributed by atoms with Crippen LogP contribution < -0.4 is 10.6 Å². The molecule has 8 heteroatoms. The Morgan fingerprint density at radius 2 is 1.91 bits per heavy atom. The summed E-state index contributed by atoms with van der Waals surface area (Å²) in [5, 5.41) is 5.72. The van der Waals surface area contributed by atoms with Crippen LogP contribution in [0, 0.1) is 30.6 Å². The van der Waals surface area contributed by atoms with Gasteiger partial charge in [0.05, 0.1) is 6.61 Å². The van der Waals surface area contributed by atoms with E-state index in [2.05, 4.69) is 24.5 Å². The van der Waals surface area contributed by atoms with Gasteiger partial charge in [-0.2, -0.15) is 0 Å². The maximum Gasteiger partial charge on any atom is 0.319 e. The molecule has 2 bridgehead atoms. The minimum Gasteiger partial charge on any atom is -0.352 e. The highest BCUT2D eigenvalue weighted by atomic mass is 17.3. The quantitative estimate of drug-likeness (QED) is 0.458. The summed E-state index contributed by atoms with van der Waals surface area (Å²) in [5.74, 6) is 0.506. The number of fused-ring (bicyclic) bond motifs is 2. The summed E-state index contributed by atoms with van der Waals surface area (Å²) in [6.07, 6.45) is 3.85. The Morgan fingerprint density at radius 3 is 2.71 bits per heavy atom. The van der Waals surface area contributed by atoms with Crippen molar-refractivity contribution in [3.05, 3.63) is 29.8 Å². The Morgan fingerprint density at radius 1 is 1.12 bits per heavy atom. The first-order chi connectivity index (χ1) is 16.3. The maximum atomic E-state index is 12.1. The normalized spacial score (nSPS) is 40.8. The molecule has 2 N–H and O–H groups in total. The number of anilines is 1. The van der Waals surface area contributed by atoms with Crippen LogP contribution in [0.25, 0.3) is 0 Å². The van der Waals surface area contributed by atoms with Crippen molar-refractivity contribution < 1.29 is 28.8 Å². The fraction of sp³-hybridized carbons (Fsp3) is 0.731. The Hall–Kier alpha value is -1.71. The predicted molar refractivity (Wildman–Crippen MR) is 126 cm³/mol. The van der Waals surface area contributed by atoms with Crippen LogP contribution >= 0.6 is 0 Å². The molecule has 5 fully saturated rings. The highest BCUT2D eigenvalue weighted by molar-refractivity contribution is 5.89. The molecule has 0 aromatic heterocycles. The van der Waals surface area contributed by atoms with Gasteiger partial charge in [0.15, 0.2) is 18.2 Å². The van der Waals surface area contributed by atoms with Crippen molar-refractivity contribution in [2.24, 2.45) is 23.7 Å². The second kappa shape index (κ2) is 9.39. The summed E-state index contributed by atoms with van der Waals surface area (Å²) >= 11 is 0. The Labute approximate surface area is 201 Å². The number of ether oxygens (including phenoxy) is 3. The van der Waals surface area contributed by atoms with E-state index >= 15 is 0 Å². The molecule has 4 aliphatic heterocycles. The minimum atomic E-state index is -0.780. The topological polar surface area (TPSA) is 87.3 Å². The van der Waals surface area contributed by atoms with Crippen molar-refractivity contribution in [1.82, 2.24) is 5.32 Å². The molecular formula is C26H38N2O6. The van der Waals surface area contributed by atoms with E-state index in [-0.39, 0.29) is 24.2 Å². The largest absolute Gasteiger partial charge is 0.352 e. The molecule has 1 aliphatic carbocycles. The van der Waals surface area contributed by atoms with E-state index in [1.165, 1.54) is 6.42 Å². The van der Waals surface area contributed by atoms with Gasteiger partial charge in [-0.1, -0.05) is 31.5 Å². The van der Waals surface area contributed by atoms with Crippen LogP contribution in [0.1, 0.15) is 58.4 Å². The molecule has 0 unspecified atom stereocenters. The number of carbonyl (C=O) groups excluding carboxylic acids is 1. The summed E-state index contributed by atoms with van der Waals surface area (Å²) in [7, 11) is 0. The first-order valence-corrected chi connectivity index (χ1v) is 12.7. The van der Waals surface area contributed by atoms with Gasteiger partial charge >= 0.3 is 6.03 Å². The number of carbonyl (C=O) groups is 1. The van der Waals surface area contributed by atoms with Gasteiger partial charge in [-0.05, 0) is 63.5 Å². The zero-order valence-electron chi connectivity index (χ0n) is 20.7. The average Bonchev–Trinajstić information content (AvgIpc) is 3.04. The van der Waals surface area contributed by atoms with Crippen molar-refractivity contribution in [2.45, 2.75) is 83.8 Å². The van der Waals surface area contributed by atoms with E-state index in [1.54, 1.807) is 0 Å². The molecule has 0 radical (unpaired) electrons. The van der Waals surface area contributed by atoms with Crippen LogP contribution in [-0.2, 0) is 24.0 Å². The number of hydrogen-bond donors (Lipinski definition) is 2. The second-order valence-electron chi connectivity index (χ2n) is 10.7. The van der Waals surface area contributed by atoms with Crippen LogP contribution in [0.4, 0.5) is 10.5 Å². The number of aryl methyl sites for hydroxylation is 1. The third-order valence-electron chi connectivity index (χ3n) is 8.30. The van der Waals surface area contributed by atoms with Crippen molar-refractivity contribution in [3.8, 4) is 0 Å². The number of hydrogen-bond acceptors (Lipinski definition) is 6. The number of benzene rings is 1. The highest BCUT2D eigenvalue weighted by Gasteiger charge is 2.69. The zero-order valence-corrected chi connectivity index (χ0v) is 20.7. The molecule has 2 amide bonds. The van der Waals surface area contributed by atoms with E-state index in [4.69, 9.17) is 24.0 Å². The fourth-order valence-corrected chi connectivity index (χ4v) is 6.35. The van der Waals surface area contributed by atoms with E-state index in [0.29, 0.717) is 31.4 Å². The van der Waals surface area contributed by atoms with Crippen LogP contribution in [0.3, 0.4) is 0 Å². The summed E-state index contributed by atoms with van der Waals surface area (Å²) in [6, 6.07) is 7.50. The SMILES string of the molecule is Cc1ccc(NC(=O)NCCCO[C@H]2O[C@@H]3O[C@]4(C)CC[C@H]5[C@H](C)CC[C@@H]([C@H]2C)[C@@]35OO4)cc1. The van der Waals surface area contributed by atoms with Gasteiger partial charge in [-0.3, -0.25) is 0 Å².